The fourth-order valence-electron chi connectivity index (χ4n) is 2.24. The quantitative estimate of drug-likeness (QED) is 0.448. The van der Waals surface area contributed by atoms with Crippen molar-refractivity contribution in [3.8, 4) is 11.4 Å². The number of hydrogen-bond acceptors (Lipinski definition) is 3. The van der Waals surface area contributed by atoms with Crippen LogP contribution in [0.15, 0.2) is 41.3 Å². The average Bonchev–Trinajstić information content (AvgIpc) is 2.48. The van der Waals surface area contributed by atoms with Gasteiger partial charge in [0.2, 0.25) is 0 Å². The van der Waals surface area contributed by atoms with Gasteiger partial charge in [-0.15, -0.1) is 11.8 Å². The van der Waals surface area contributed by atoms with Crippen LogP contribution in [0.1, 0.15) is 5.56 Å². The summed E-state index contributed by atoms with van der Waals surface area (Å²) in [6.07, 6.45) is 2.03. The summed E-state index contributed by atoms with van der Waals surface area (Å²) < 4.78 is 0. The molecule has 0 aliphatic heterocycles. The van der Waals surface area contributed by atoms with Gasteiger partial charge in [-0.1, -0.05) is 41.4 Å². The van der Waals surface area contributed by atoms with Crippen LogP contribution in [0, 0.1) is 6.92 Å². The van der Waals surface area contributed by atoms with Gasteiger partial charge in [0.25, 0.3) is 0 Å². The Hall–Kier alpha value is -1.29. The van der Waals surface area contributed by atoms with Gasteiger partial charge in [-0.2, -0.15) is 0 Å². The van der Waals surface area contributed by atoms with Crippen molar-refractivity contribution in [2.75, 3.05) is 6.26 Å². The average molecular weight is 335 g/mol. The van der Waals surface area contributed by atoms with Gasteiger partial charge >= 0.3 is 0 Å². The van der Waals surface area contributed by atoms with E-state index in [4.69, 9.17) is 23.2 Å². The number of fused-ring (bicyclic) bond motifs is 1. The van der Waals surface area contributed by atoms with Gasteiger partial charge in [0.15, 0.2) is 5.82 Å². The molecule has 1 heterocycles. The van der Waals surface area contributed by atoms with E-state index in [1.54, 1.807) is 11.8 Å². The Bertz CT molecular complexity index is 834. The Morgan fingerprint density at radius 3 is 2.57 bits per heavy atom. The molecule has 0 spiro atoms. The highest BCUT2D eigenvalue weighted by Crippen LogP contribution is 2.33. The zero-order valence-electron chi connectivity index (χ0n) is 11.5. The predicted octanol–water partition coefficient (Wildman–Crippen LogP) is 5.63. The van der Waals surface area contributed by atoms with Crippen molar-refractivity contribution in [3.63, 3.8) is 0 Å². The first-order valence-electron chi connectivity index (χ1n) is 6.37. The summed E-state index contributed by atoms with van der Waals surface area (Å²) in [4.78, 5) is 10.2. The van der Waals surface area contributed by atoms with Gasteiger partial charge in [-0.25, -0.2) is 9.97 Å². The predicted molar refractivity (Wildman–Crippen MR) is 91.5 cm³/mol. The molecule has 0 N–H and O–H groups in total. The standard InChI is InChI=1S/C16H12Cl2N2S/c1-9-7-11-14(12(17)8-9)19-16(20-15(11)18)10-5-3-4-6-13(10)21-2/h3-8H,1-2H3. The lowest BCUT2D eigenvalue weighted by Crippen LogP contribution is -1.94. The molecule has 0 saturated carbocycles. The van der Waals surface area contributed by atoms with Crippen molar-refractivity contribution in [2.45, 2.75) is 11.8 Å². The fourth-order valence-corrected chi connectivity index (χ4v) is 3.37. The molecular formula is C16H12Cl2N2S. The molecule has 0 aliphatic carbocycles. The molecule has 0 fully saturated rings. The minimum absolute atomic E-state index is 0.427. The fraction of sp³-hybridized carbons (Fsp3) is 0.125. The van der Waals surface area contributed by atoms with Gasteiger partial charge in [0.05, 0.1) is 10.5 Å². The van der Waals surface area contributed by atoms with Crippen LogP contribution < -0.4 is 0 Å². The van der Waals surface area contributed by atoms with E-state index in [9.17, 15) is 0 Å². The monoisotopic (exact) mass is 334 g/mol. The van der Waals surface area contributed by atoms with Gasteiger partial charge in [0.1, 0.15) is 5.15 Å². The van der Waals surface area contributed by atoms with Crippen LogP contribution in [0.4, 0.5) is 0 Å². The number of benzene rings is 2. The third-order valence-electron chi connectivity index (χ3n) is 3.20. The summed E-state index contributed by atoms with van der Waals surface area (Å²) in [5, 5.41) is 1.81. The summed E-state index contributed by atoms with van der Waals surface area (Å²) in [6.45, 7) is 1.97. The zero-order chi connectivity index (χ0) is 15.0. The molecule has 3 rings (SSSR count). The largest absolute Gasteiger partial charge is 0.226 e. The van der Waals surface area contributed by atoms with Crippen LogP contribution in [0.25, 0.3) is 22.3 Å². The Morgan fingerprint density at radius 2 is 1.81 bits per heavy atom. The molecule has 0 amide bonds. The third kappa shape index (κ3) is 2.73. The van der Waals surface area contributed by atoms with Crippen LogP contribution in [0.3, 0.4) is 0 Å². The number of halogens is 2. The van der Waals surface area contributed by atoms with Crippen LogP contribution in [-0.2, 0) is 0 Å². The van der Waals surface area contributed by atoms with E-state index < -0.39 is 0 Å². The smallest absolute Gasteiger partial charge is 0.162 e. The van der Waals surface area contributed by atoms with E-state index in [2.05, 4.69) is 9.97 Å². The summed E-state index contributed by atoms with van der Waals surface area (Å²) in [5.41, 5.74) is 2.69. The van der Waals surface area contributed by atoms with Crippen molar-refractivity contribution >= 4 is 45.9 Å². The Labute approximate surface area is 137 Å². The molecular weight excluding hydrogens is 323 g/mol. The molecule has 0 saturated heterocycles. The second-order valence-electron chi connectivity index (χ2n) is 4.68. The molecule has 21 heavy (non-hydrogen) atoms. The number of nitrogens with zero attached hydrogens (tertiary/aromatic N) is 2. The summed E-state index contributed by atoms with van der Waals surface area (Å²) in [5.74, 6) is 0.600. The highest BCUT2D eigenvalue weighted by Gasteiger charge is 2.13. The summed E-state index contributed by atoms with van der Waals surface area (Å²) >= 11 is 14.3. The van der Waals surface area contributed by atoms with Gasteiger partial charge < -0.3 is 0 Å². The van der Waals surface area contributed by atoms with Gasteiger partial charge in [-0.3, -0.25) is 0 Å². The SMILES string of the molecule is CSc1ccccc1-c1nc(Cl)c2cc(C)cc(Cl)c2n1. The molecule has 0 aliphatic rings. The highest BCUT2D eigenvalue weighted by atomic mass is 35.5. The maximum atomic E-state index is 6.34. The van der Waals surface area contributed by atoms with Crippen molar-refractivity contribution in [1.29, 1.82) is 0 Å². The lowest BCUT2D eigenvalue weighted by molar-refractivity contribution is 1.20. The second kappa shape index (κ2) is 5.84. The molecule has 5 heteroatoms. The normalized spacial score (nSPS) is 11.0. The molecule has 0 bridgehead atoms. The molecule has 3 aromatic rings. The number of aryl methyl sites for hydroxylation is 1. The van der Waals surface area contributed by atoms with E-state index in [-0.39, 0.29) is 0 Å². The van der Waals surface area contributed by atoms with Crippen molar-refractivity contribution in [3.05, 3.63) is 52.1 Å². The maximum Gasteiger partial charge on any atom is 0.162 e. The van der Waals surface area contributed by atoms with E-state index in [0.717, 1.165) is 21.4 Å². The first-order chi connectivity index (χ1) is 10.1. The topological polar surface area (TPSA) is 25.8 Å². The van der Waals surface area contributed by atoms with Crippen molar-refractivity contribution in [2.24, 2.45) is 0 Å². The number of rotatable bonds is 2. The molecule has 0 atom stereocenters. The lowest BCUT2D eigenvalue weighted by Gasteiger charge is -2.09. The number of thioether (sulfide) groups is 1. The van der Waals surface area contributed by atoms with E-state index >= 15 is 0 Å². The van der Waals surface area contributed by atoms with E-state index in [0.29, 0.717) is 21.5 Å². The molecule has 0 radical (unpaired) electrons. The summed E-state index contributed by atoms with van der Waals surface area (Å²) in [7, 11) is 0. The first kappa shape index (κ1) is 14.6. The van der Waals surface area contributed by atoms with Crippen LogP contribution >= 0.6 is 35.0 Å². The summed E-state index contributed by atoms with van der Waals surface area (Å²) in [6, 6.07) is 11.8. The molecule has 106 valence electrons. The van der Waals surface area contributed by atoms with Crippen LogP contribution in [-0.4, -0.2) is 16.2 Å². The van der Waals surface area contributed by atoms with Crippen LogP contribution in [0.5, 0.6) is 0 Å². The Kier molecular flexibility index (Phi) is 4.07. The highest BCUT2D eigenvalue weighted by molar-refractivity contribution is 7.98. The molecule has 2 aromatic carbocycles. The van der Waals surface area contributed by atoms with Crippen molar-refractivity contribution < 1.29 is 0 Å². The lowest BCUT2D eigenvalue weighted by atomic mass is 10.1. The minimum Gasteiger partial charge on any atom is -0.226 e. The van der Waals surface area contributed by atoms with Gasteiger partial charge in [0, 0.05) is 15.8 Å². The minimum atomic E-state index is 0.427. The Balaban J connectivity index is 2.30. The number of hydrogen-bond donors (Lipinski definition) is 0. The van der Waals surface area contributed by atoms with Crippen LogP contribution in [0.2, 0.25) is 10.2 Å². The first-order valence-corrected chi connectivity index (χ1v) is 8.35. The Morgan fingerprint density at radius 1 is 1.05 bits per heavy atom. The van der Waals surface area contributed by atoms with Gasteiger partial charge in [-0.05, 0) is 36.9 Å². The van der Waals surface area contributed by atoms with E-state index in [1.807, 2.05) is 49.6 Å². The number of aromatic nitrogens is 2. The molecule has 0 unspecified atom stereocenters. The van der Waals surface area contributed by atoms with Crippen molar-refractivity contribution in [1.82, 2.24) is 9.97 Å². The zero-order valence-corrected chi connectivity index (χ0v) is 13.9. The second-order valence-corrected chi connectivity index (χ2v) is 6.29. The van der Waals surface area contributed by atoms with E-state index in [1.165, 1.54) is 0 Å². The maximum absolute atomic E-state index is 6.34. The molecule has 2 nitrogen and oxygen atoms in total. The molecule has 1 aromatic heterocycles. The third-order valence-corrected chi connectivity index (χ3v) is 4.57.